The number of likely N-dealkylation sites (tertiary alicyclic amines) is 1. The van der Waals surface area contributed by atoms with E-state index < -0.39 is 0 Å². The van der Waals surface area contributed by atoms with Gasteiger partial charge in [0.05, 0.1) is 6.04 Å². The zero-order chi connectivity index (χ0) is 17.6. The molecule has 8 heteroatoms. The summed E-state index contributed by atoms with van der Waals surface area (Å²) in [7, 11) is 0. The van der Waals surface area contributed by atoms with Gasteiger partial charge in [-0.2, -0.15) is 10.1 Å². The number of rotatable bonds is 4. The lowest BCUT2D eigenvalue weighted by Crippen LogP contribution is -2.43. The third-order valence-corrected chi connectivity index (χ3v) is 4.99. The molecule has 1 saturated carbocycles. The van der Waals surface area contributed by atoms with Crippen LogP contribution in [0.5, 0.6) is 0 Å². The maximum absolute atomic E-state index is 13.0. The fourth-order valence-electron chi connectivity index (χ4n) is 3.45. The van der Waals surface area contributed by atoms with Crippen molar-refractivity contribution in [3.05, 3.63) is 11.7 Å². The van der Waals surface area contributed by atoms with Crippen LogP contribution in [-0.4, -0.2) is 50.2 Å². The van der Waals surface area contributed by atoms with E-state index in [-0.39, 0.29) is 23.9 Å². The monoisotopic (exact) mass is 345 g/mol. The molecule has 0 radical (unpaired) electrons. The van der Waals surface area contributed by atoms with E-state index in [1.807, 2.05) is 13.8 Å². The molecule has 1 aromatic heterocycles. The number of hydrogen-bond donors (Lipinski definition) is 0. The Bertz CT molecular complexity index is 722. The fraction of sp³-hybridized carbons (Fsp3) is 0.706. The summed E-state index contributed by atoms with van der Waals surface area (Å²) in [5, 5.41) is 9.85. The summed E-state index contributed by atoms with van der Waals surface area (Å²) in [6.45, 7) is 4.45. The van der Waals surface area contributed by atoms with E-state index in [1.54, 1.807) is 4.90 Å². The Hall–Kier alpha value is -2.25. The van der Waals surface area contributed by atoms with Crippen molar-refractivity contribution in [2.24, 2.45) is 5.10 Å². The summed E-state index contributed by atoms with van der Waals surface area (Å²) in [6.07, 6.45) is 4.66. The zero-order valence-electron chi connectivity index (χ0n) is 14.6. The SMILES string of the molecule is CC(C)N1N=C(C(=O)N2CCCC2c2noc(C3CC3)n2)CCC1=O. The zero-order valence-corrected chi connectivity index (χ0v) is 14.6. The Morgan fingerprint density at radius 3 is 2.76 bits per heavy atom. The van der Waals surface area contributed by atoms with Gasteiger partial charge in [0, 0.05) is 31.3 Å². The Labute approximate surface area is 146 Å². The Balaban J connectivity index is 1.54. The lowest BCUT2D eigenvalue weighted by Gasteiger charge is -2.29. The van der Waals surface area contributed by atoms with Gasteiger partial charge in [0.1, 0.15) is 5.71 Å². The number of amides is 2. The fourth-order valence-corrected chi connectivity index (χ4v) is 3.45. The average Bonchev–Trinajstić information content (AvgIpc) is 3.13. The Morgan fingerprint density at radius 2 is 2.04 bits per heavy atom. The predicted molar refractivity (Wildman–Crippen MR) is 88.6 cm³/mol. The van der Waals surface area contributed by atoms with Crippen LogP contribution >= 0.6 is 0 Å². The standard InChI is InChI=1S/C17H23N5O3/c1-10(2)22-14(23)8-7-12(19-22)17(24)21-9-3-4-13(21)15-18-16(25-20-15)11-5-6-11/h10-11,13H,3-9H2,1-2H3. The van der Waals surface area contributed by atoms with E-state index >= 15 is 0 Å². The normalized spacial score (nSPS) is 24.2. The number of aromatic nitrogens is 2. The molecule has 25 heavy (non-hydrogen) atoms. The van der Waals surface area contributed by atoms with Gasteiger partial charge in [-0.1, -0.05) is 5.16 Å². The molecular weight excluding hydrogens is 322 g/mol. The second-order valence-corrected chi connectivity index (χ2v) is 7.30. The van der Waals surface area contributed by atoms with Gasteiger partial charge >= 0.3 is 0 Å². The lowest BCUT2D eigenvalue weighted by molar-refractivity contribution is -0.133. The first-order chi connectivity index (χ1) is 12.0. The molecule has 0 aromatic carbocycles. The summed E-state index contributed by atoms with van der Waals surface area (Å²) in [5.74, 6) is 1.55. The van der Waals surface area contributed by atoms with Gasteiger partial charge in [0.25, 0.3) is 5.91 Å². The van der Waals surface area contributed by atoms with Gasteiger partial charge in [0.2, 0.25) is 11.8 Å². The third-order valence-electron chi connectivity index (χ3n) is 4.99. The van der Waals surface area contributed by atoms with Crippen molar-refractivity contribution in [1.82, 2.24) is 20.0 Å². The molecule has 1 aliphatic carbocycles. The topological polar surface area (TPSA) is 91.9 Å². The molecule has 0 N–H and O–H groups in total. The highest BCUT2D eigenvalue weighted by atomic mass is 16.5. The van der Waals surface area contributed by atoms with Crippen molar-refractivity contribution in [2.75, 3.05) is 6.54 Å². The first-order valence-corrected chi connectivity index (χ1v) is 9.08. The van der Waals surface area contributed by atoms with Crippen molar-refractivity contribution in [3.63, 3.8) is 0 Å². The Kier molecular flexibility index (Phi) is 4.05. The first kappa shape index (κ1) is 16.2. The quantitative estimate of drug-likeness (QED) is 0.832. The van der Waals surface area contributed by atoms with Crippen LogP contribution in [0.3, 0.4) is 0 Å². The average molecular weight is 345 g/mol. The minimum atomic E-state index is -0.156. The van der Waals surface area contributed by atoms with Crippen molar-refractivity contribution in [2.45, 2.75) is 70.4 Å². The molecule has 3 heterocycles. The molecule has 0 spiro atoms. The molecule has 4 rings (SSSR count). The molecule has 1 aromatic rings. The van der Waals surface area contributed by atoms with Gasteiger partial charge in [-0.25, -0.2) is 5.01 Å². The molecule has 2 aliphatic heterocycles. The van der Waals surface area contributed by atoms with Gasteiger partial charge in [0.15, 0.2) is 5.82 Å². The van der Waals surface area contributed by atoms with Crippen LogP contribution in [0.4, 0.5) is 0 Å². The molecule has 0 bridgehead atoms. The number of nitrogens with zero attached hydrogens (tertiary/aromatic N) is 5. The summed E-state index contributed by atoms with van der Waals surface area (Å²) >= 11 is 0. The molecule has 2 fully saturated rings. The maximum Gasteiger partial charge on any atom is 0.270 e. The number of carbonyl (C=O) groups is 2. The predicted octanol–water partition coefficient (Wildman–Crippen LogP) is 2.00. The second kappa shape index (κ2) is 6.24. The molecule has 2 amide bonds. The molecule has 1 unspecified atom stereocenters. The van der Waals surface area contributed by atoms with Gasteiger partial charge in [-0.15, -0.1) is 0 Å². The van der Waals surface area contributed by atoms with E-state index in [4.69, 9.17) is 4.52 Å². The third kappa shape index (κ3) is 3.05. The van der Waals surface area contributed by atoms with Crippen LogP contribution in [0.25, 0.3) is 0 Å². The van der Waals surface area contributed by atoms with Gasteiger partial charge in [-0.3, -0.25) is 9.59 Å². The van der Waals surface area contributed by atoms with E-state index in [0.717, 1.165) is 25.7 Å². The van der Waals surface area contributed by atoms with Gasteiger partial charge in [-0.05, 0) is 39.5 Å². The van der Waals surface area contributed by atoms with Crippen molar-refractivity contribution >= 4 is 17.5 Å². The molecule has 1 saturated heterocycles. The molecule has 1 atom stereocenters. The Morgan fingerprint density at radius 1 is 1.24 bits per heavy atom. The number of hydrogen-bond acceptors (Lipinski definition) is 6. The molecule has 134 valence electrons. The maximum atomic E-state index is 13.0. The molecule has 8 nitrogen and oxygen atoms in total. The van der Waals surface area contributed by atoms with Crippen LogP contribution in [-0.2, 0) is 9.59 Å². The lowest BCUT2D eigenvalue weighted by atomic mass is 10.1. The number of hydrazone groups is 1. The summed E-state index contributed by atoms with van der Waals surface area (Å²) in [5.41, 5.74) is 0.450. The second-order valence-electron chi connectivity index (χ2n) is 7.30. The minimum absolute atomic E-state index is 0.0308. The molecule has 3 aliphatic rings. The first-order valence-electron chi connectivity index (χ1n) is 9.08. The van der Waals surface area contributed by atoms with E-state index in [0.29, 0.717) is 42.7 Å². The largest absolute Gasteiger partial charge is 0.339 e. The van der Waals surface area contributed by atoms with Crippen molar-refractivity contribution in [1.29, 1.82) is 0 Å². The summed E-state index contributed by atoms with van der Waals surface area (Å²) in [4.78, 5) is 31.2. The van der Waals surface area contributed by atoms with E-state index in [1.165, 1.54) is 5.01 Å². The summed E-state index contributed by atoms with van der Waals surface area (Å²) < 4.78 is 5.35. The van der Waals surface area contributed by atoms with Crippen LogP contribution in [0.15, 0.2) is 9.62 Å². The summed E-state index contributed by atoms with van der Waals surface area (Å²) in [6, 6.07) is -0.208. The van der Waals surface area contributed by atoms with Crippen LogP contribution in [0.2, 0.25) is 0 Å². The van der Waals surface area contributed by atoms with E-state index in [9.17, 15) is 9.59 Å². The highest BCUT2D eigenvalue weighted by molar-refractivity contribution is 6.39. The van der Waals surface area contributed by atoms with Crippen LogP contribution < -0.4 is 0 Å². The van der Waals surface area contributed by atoms with Crippen molar-refractivity contribution < 1.29 is 14.1 Å². The van der Waals surface area contributed by atoms with E-state index in [2.05, 4.69) is 15.2 Å². The molecular formula is C17H23N5O3. The van der Waals surface area contributed by atoms with Crippen LogP contribution in [0.1, 0.15) is 76.0 Å². The minimum Gasteiger partial charge on any atom is -0.339 e. The number of carbonyl (C=O) groups excluding carboxylic acids is 2. The van der Waals surface area contributed by atoms with Crippen LogP contribution in [0, 0.1) is 0 Å². The van der Waals surface area contributed by atoms with Gasteiger partial charge < -0.3 is 9.42 Å². The smallest absolute Gasteiger partial charge is 0.270 e. The highest BCUT2D eigenvalue weighted by Gasteiger charge is 2.38. The highest BCUT2D eigenvalue weighted by Crippen LogP contribution is 2.40. The van der Waals surface area contributed by atoms with Crippen molar-refractivity contribution in [3.8, 4) is 0 Å².